The Bertz CT molecular complexity index is 91.5. The predicted molar refractivity (Wildman–Crippen MR) is 48.0 cm³/mol. The molecule has 0 fully saturated rings. The molecule has 0 saturated heterocycles. The molecule has 0 aromatic rings. The highest BCUT2D eigenvalue weighted by Gasteiger charge is 2.21. The summed E-state index contributed by atoms with van der Waals surface area (Å²) >= 11 is 0. The number of hydrogen-bond donors (Lipinski definition) is 0. The molecule has 0 amide bonds. The van der Waals surface area contributed by atoms with E-state index in [-0.39, 0.29) is 6.61 Å². The monoisotopic (exact) mass is 157 g/mol. The fourth-order valence-electron chi connectivity index (χ4n) is 1.58. The Morgan fingerprint density at radius 3 is 2.09 bits per heavy atom. The van der Waals surface area contributed by atoms with E-state index in [0.29, 0.717) is 5.41 Å². The van der Waals surface area contributed by atoms with Crippen LogP contribution in [0.1, 0.15) is 47.0 Å². The Morgan fingerprint density at radius 1 is 1.27 bits per heavy atom. The van der Waals surface area contributed by atoms with Crippen LogP contribution < -0.4 is 0 Å². The first-order valence-electron chi connectivity index (χ1n) is 4.60. The minimum Gasteiger partial charge on any atom is -0.237 e. The molecule has 0 bridgehead atoms. The summed E-state index contributed by atoms with van der Waals surface area (Å²) in [6.07, 6.45) is 3.14. The van der Waals surface area contributed by atoms with Gasteiger partial charge in [-0.05, 0) is 24.2 Å². The molecule has 0 spiro atoms. The molecule has 1 atom stereocenters. The average molecular weight is 157 g/mol. The molecule has 11 heavy (non-hydrogen) atoms. The highest BCUT2D eigenvalue weighted by Crippen LogP contribution is 2.31. The maximum absolute atomic E-state index is 10.3. The zero-order chi connectivity index (χ0) is 8.91. The summed E-state index contributed by atoms with van der Waals surface area (Å²) in [5, 5.41) is 10.3. The van der Waals surface area contributed by atoms with Gasteiger partial charge in [0.1, 0.15) is 0 Å². The van der Waals surface area contributed by atoms with Crippen molar-refractivity contribution >= 4 is 0 Å². The van der Waals surface area contributed by atoms with Gasteiger partial charge < -0.3 is 0 Å². The molecule has 0 saturated carbocycles. The lowest BCUT2D eigenvalue weighted by Crippen LogP contribution is -2.19. The molecular weight excluding hydrogens is 136 g/mol. The van der Waals surface area contributed by atoms with E-state index in [1.54, 1.807) is 0 Å². The normalized spacial score (nSPS) is 15.0. The van der Waals surface area contributed by atoms with Gasteiger partial charge in [0.15, 0.2) is 0 Å². The lowest BCUT2D eigenvalue weighted by Gasteiger charge is -2.29. The summed E-state index contributed by atoms with van der Waals surface area (Å²) in [5.74, 6) is 0.719. The smallest absolute Gasteiger partial charge is 0.0822 e. The molecule has 1 heteroatoms. The van der Waals surface area contributed by atoms with Crippen LogP contribution in [-0.2, 0) is 5.11 Å². The molecule has 0 aromatic heterocycles. The van der Waals surface area contributed by atoms with Crippen molar-refractivity contribution in [3.8, 4) is 0 Å². The van der Waals surface area contributed by atoms with Crippen LogP contribution in [0.25, 0.3) is 0 Å². The fourth-order valence-corrected chi connectivity index (χ4v) is 1.58. The van der Waals surface area contributed by atoms with Crippen LogP contribution in [0.5, 0.6) is 0 Å². The van der Waals surface area contributed by atoms with E-state index in [1.807, 2.05) is 0 Å². The largest absolute Gasteiger partial charge is 0.237 e. The van der Waals surface area contributed by atoms with Crippen molar-refractivity contribution in [2.24, 2.45) is 11.3 Å². The maximum Gasteiger partial charge on any atom is 0.0822 e. The molecule has 0 rings (SSSR count). The van der Waals surface area contributed by atoms with E-state index >= 15 is 0 Å². The van der Waals surface area contributed by atoms with E-state index in [1.165, 1.54) is 6.42 Å². The summed E-state index contributed by atoms with van der Waals surface area (Å²) in [5.41, 5.74) is 0.379. The third kappa shape index (κ3) is 4.41. The molecule has 0 aliphatic carbocycles. The van der Waals surface area contributed by atoms with Gasteiger partial charge in [-0.25, -0.2) is 5.11 Å². The van der Waals surface area contributed by atoms with Crippen molar-refractivity contribution in [3.63, 3.8) is 0 Å². The van der Waals surface area contributed by atoms with Crippen molar-refractivity contribution < 1.29 is 5.11 Å². The van der Waals surface area contributed by atoms with Gasteiger partial charge in [0.05, 0.1) is 6.61 Å². The summed E-state index contributed by atoms with van der Waals surface area (Å²) in [7, 11) is 0. The minimum absolute atomic E-state index is 0.0899. The van der Waals surface area contributed by atoms with E-state index in [0.717, 1.165) is 18.8 Å². The van der Waals surface area contributed by atoms with Gasteiger partial charge in [-0.2, -0.15) is 0 Å². The van der Waals surface area contributed by atoms with Gasteiger partial charge >= 0.3 is 0 Å². The summed E-state index contributed by atoms with van der Waals surface area (Å²) in [6.45, 7) is 9.07. The third-order valence-corrected chi connectivity index (χ3v) is 2.41. The maximum atomic E-state index is 10.3. The topological polar surface area (TPSA) is 19.9 Å². The van der Waals surface area contributed by atoms with Gasteiger partial charge in [0.2, 0.25) is 0 Å². The van der Waals surface area contributed by atoms with E-state index < -0.39 is 0 Å². The quantitative estimate of drug-likeness (QED) is 0.597. The van der Waals surface area contributed by atoms with Gasteiger partial charge in [-0.15, -0.1) is 0 Å². The highest BCUT2D eigenvalue weighted by atomic mass is 16.2. The minimum atomic E-state index is 0.0899. The summed E-state index contributed by atoms with van der Waals surface area (Å²) in [4.78, 5) is 0. The molecule has 0 aliphatic rings. The Kier molecular flexibility index (Phi) is 4.74. The van der Waals surface area contributed by atoms with Gasteiger partial charge in [0.25, 0.3) is 0 Å². The first-order valence-corrected chi connectivity index (χ1v) is 4.60. The SMILES string of the molecule is CCC(CCC[O])C(C)(C)C. The lowest BCUT2D eigenvalue weighted by atomic mass is 9.77. The first-order chi connectivity index (χ1) is 5.02. The Balaban J connectivity index is 3.76. The van der Waals surface area contributed by atoms with Crippen molar-refractivity contribution in [3.05, 3.63) is 0 Å². The highest BCUT2D eigenvalue weighted by molar-refractivity contribution is 4.72. The van der Waals surface area contributed by atoms with Crippen LogP contribution in [0, 0.1) is 11.3 Å². The Hall–Kier alpha value is -0.0400. The van der Waals surface area contributed by atoms with Crippen LogP contribution in [0.3, 0.4) is 0 Å². The molecule has 1 nitrogen and oxygen atoms in total. The second kappa shape index (κ2) is 4.76. The third-order valence-electron chi connectivity index (χ3n) is 2.41. The Morgan fingerprint density at radius 2 is 1.82 bits per heavy atom. The van der Waals surface area contributed by atoms with E-state index in [4.69, 9.17) is 0 Å². The van der Waals surface area contributed by atoms with Crippen LogP contribution in [-0.4, -0.2) is 6.61 Å². The van der Waals surface area contributed by atoms with E-state index in [2.05, 4.69) is 27.7 Å². The fraction of sp³-hybridized carbons (Fsp3) is 1.00. The van der Waals surface area contributed by atoms with Crippen LogP contribution in [0.2, 0.25) is 0 Å². The van der Waals surface area contributed by atoms with E-state index in [9.17, 15) is 5.11 Å². The second-order valence-electron chi connectivity index (χ2n) is 4.32. The molecule has 1 radical (unpaired) electrons. The molecule has 0 aromatic carbocycles. The molecule has 0 N–H and O–H groups in total. The van der Waals surface area contributed by atoms with Gasteiger partial charge in [0, 0.05) is 0 Å². The molecular formula is C10H21O. The second-order valence-corrected chi connectivity index (χ2v) is 4.32. The first kappa shape index (κ1) is 11.0. The lowest BCUT2D eigenvalue weighted by molar-refractivity contribution is 0.155. The molecule has 67 valence electrons. The average Bonchev–Trinajstić information content (AvgIpc) is 1.87. The van der Waals surface area contributed by atoms with Crippen molar-refractivity contribution in [1.82, 2.24) is 0 Å². The predicted octanol–water partition coefficient (Wildman–Crippen LogP) is 3.27. The molecule has 0 heterocycles. The number of rotatable bonds is 4. The van der Waals surface area contributed by atoms with Crippen LogP contribution in [0.4, 0.5) is 0 Å². The Labute approximate surface area is 70.8 Å². The van der Waals surface area contributed by atoms with Crippen LogP contribution in [0.15, 0.2) is 0 Å². The molecule has 1 unspecified atom stereocenters. The number of hydrogen-bond acceptors (Lipinski definition) is 0. The van der Waals surface area contributed by atoms with Crippen molar-refractivity contribution in [2.45, 2.75) is 47.0 Å². The van der Waals surface area contributed by atoms with Gasteiger partial charge in [-0.1, -0.05) is 34.1 Å². The molecule has 0 aliphatic heterocycles. The standard InChI is InChI=1S/C10H21O/c1-5-9(7-6-8-11)10(2,3)4/h9H,5-8H2,1-4H3. The van der Waals surface area contributed by atoms with Crippen LogP contribution >= 0.6 is 0 Å². The van der Waals surface area contributed by atoms with Crippen molar-refractivity contribution in [2.75, 3.05) is 6.61 Å². The summed E-state index contributed by atoms with van der Waals surface area (Å²) in [6, 6.07) is 0. The van der Waals surface area contributed by atoms with Gasteiger partial charge in [-0.3, -0.25) is 0 Å². The van der Waals surface area contributed by atoms with Crippen molar-refractivity contribution in [1.29, 1.82) is 0 Å². The summed E-state index contributed by atoms with van der Waals surface area (Å²) < 4.78 is 0. The zero-order valence-corrected chi connectivity index (χ0v) is 8.31. The zero-order valence-electron chi connectivity index (χ0n) is 8.31.